The number of rotatable bonds is 6. The van der Waals surface area contributed by atoms with Gasteiger partial charge in [-0.05, 0) is 31.4 Å². The summed E-state index contributed by atoms with van der Waals surface area (Å²) in [4.78, 5) is 2.47. The van der Waals surface area contributed by atoms with Gasteiger partial charge in [-0.2, -0.15) is 0 Å². The predicted molar refractivity (Wildman–Crippen MR) is 78.4 cm³/mol. The zero-order valence-electron chi connectivity index (χ0n) is 12.6. The van der Waals surface area contributed by atoms with E-state index in [0.717, 1.165) is 38.5 Å². The summed E-state index contributed by atoms with van der Waals surface area (Å²) >= 11 is 0. The van der Waals surface area contributed by atoms with Crippen molar-refractivity contribution in [3.63, 3.8) is 0 Å². The van der Waals surface area contributed by atoms with E-state index in [0.29, 0.717) is 18.1 Å². The molecule has 3 rings (SSSR count). The largest absolute Gasteiger partial charge is 0.468 e. The average molecular weight is 278 g/mol. The summed E-state index contributed by atoms with van der Waals surface area (Å²) in [5, 5.41) is 3.45. The van der Waals surface area contributed by atoms with Gasteiger partial charge in [0.25, 0.3) is 0 Å². The molecule has 20 heavy (non-hydrogen) atoms. The summed E-state index contributed by atoms with van der Waals surface area (Å²) in [5.74, 6) is 1.76. The van der Waals surface area contributed by atoms with Crippen LogP contribution in [-0.2, 0) is 17.8 Å². The molecule has 1 aromatic heterocycles. The van der Waals surface area contributed by atoms with Crippen LogP contribution in [0.4, 0.5) is 0 Å². The number of nitrogens with one attached hydrogen (secondary N) is 1. The summed E-state index contributed by atoms with van der Waals surface area (Å²) in [5.41, 5.74) is 1.25. The molecule has 2 aliphatic heterocycles. The van der Waals surface area contributed by atoms with Crippen molar-refractivity contribution < 1.29 is 9.15 Å². The summed E-state index contributed by atoms with van der Waals surface area (Å²) in [6.45, 7) is 9.42. The first-order chi connectivity index (χ1) is 9.69. The van der Waals surface area contributed by atoms with E-state index in [1.165, 1.54) is 18.4 Å². The first-order valence-corrected chi connectivity index (χ1v) is 7.84. The van der Waals surface area contributed by atoms with E-state index in [1.54, 1.807) is 0 Å². The minimum absolute atomic E-state index is 0.455. The van der Waals surface area contributed by atoms with Gasteiger partial charge in [-0.3, -0.25) is 4.90 Å². The molecule has 112 valence electrons. The third-order valence-electron chi connectivity index (χ3n) is 4.09. The molecule has 0 amide bonds. The molecular weight excluding hydrogens is 252 g/mol. The van der Waals surface area contributed by atoms with Gasteiger partial charge in [-0.25, -0.2) is 0 Å². The molecule has 0 spiro atoms. The van der Waals surface area contributed by atoms with Gasteiger partial charge in [-0.15, -0.1) is 0 Å². The second-order valence-electron chi connectivity index (χ2n) is 6.60. The lowest BCUT2D eigenvalue weighted by Crippen LogP contribution is -2.41. The molecule has 2 bridgehead atoms. The predicted octanol–water partition coefficient (Wildman–Crippen LogP) is 2.39. The molecule has 2 aliphatic rings. The van der Waals surface area contributed by atoms with Gasteiger partial charge in [0.15, 0.2) is 0 Å². The monoisotopic (exact) mass is 278 g/mol. The van der Waals surface area contributed by atoms with Crippen molar-refractivity contribution in [2.75, 3.05) is 19.6 Å². The molecule has 0 aliphatic carbocycles. The number of morpholine rings is 1. The van der Waals surface area contributed by atoms with E-state index in [2.05, 4.69) is 30.1 Å². The molecule has 1 N–H and O–H groups in total. The minimum atomic E-state index is 0.455. The molecule has 3 heterocycles. The molecule has 4 heteroatoms. The van der Waals surface area contributed by atoms with Crippen LogP contribution in [-0.4, -0.2) is 36.7 Å². The Balaban J connectivity index is 1.47. The van der Waals surface area contributed by atoms with Crippen LogP contribution in [0.2, 0.25) is 0 Å². The van der Waals surface area contributed by atoms with Crippen molar-refractivity contribution in [2.24, 2.45) is 5.92 Å². The highest BCUT2D eigenvalue weighted by atomic mass is 16.5. The molecule has 0 radical (unpaired) electrons. The van der Waals surface area contributed by atoms with Gasteiger partial charge in [0.2, 0.25) is 0 Å². The highest BCUT2D eigenvalue weighted by Gasteiger charge is 2.33. The van der Waals surface area contributed by atoms with E-state index in [9.17, 15) is 0 Å². The van der Waals surface area contributed by atoms with Crippen LogP contribution in [0.1, 0.15) is 38.0 Å². The zero-order chi connectivity index (χ0) is 13.9. The Bertz CT molecular complexity index is 418. The van der Waals surface area contributed by atoms with Crippen LogP contribution in [0.3, 0.4) is 0 Å². The smallest absolute Gasteiger partial charge is 0.118 e. The Kier molecular flexibility index (Phi) is 4.44. The Morgan fingerprint density at radius 1 is 1.30 bits per heavy atom. The quantitative estimate of drug-likeness (QED) is 0.867. The number of hydrogen-bond acceptors (Lipinski definition) is 4. The Labute approximate surface area is 121 Å². The van der Waals surface area contributed by atoms with E-state index < -0.39 is 0 Å². The summed E-state index contributed by atoms with van der Waals surface area (Å²) < 4.78 is 11.6. The first kappa shape index (κ1) is 14.1. The van der Waals surface area contributed by atoms with Gasteiger partial charge >= 0.3 is 0 Å². The van der Waals surface area contributed by atoms with Gasteiger partial charge in [0, 0.05) is 25.2 Å². The first-order valence-electron chi connectivity index (χ1n) is 7.84. The van der Waals surface area contributed by atoms with Crippen LogP contribution in [0, 0.1) is 5.92 Å². The molecule has 0 saturated carbocycles. The fourth-order valence-corrected chi connectivity index (χ4v) is 3.16. The minimum Gasteiger partial charge on any atom is -0.468 e. The van der Waals surface area contributed by atoms with Crippen molar-refractivity contribution in [3.8, 4) is 0 Å². The van der Waals surface area contributed by atoms with Gasteiger partial charge in [-0.1, -0.05) is 13.8 Å². The topological polar surface area (TPSA) is 37.6 Å². The fraction of sp³-hybridized carbons (Fsp3) is 0.750. The number of ether oxygens (including phenoxy) is 1. The SMILES string of the molecule is CC(C)CNCc1coc(CN2CC3CCC(C2)O3)c1. The fourth-order valence-electron chi connectivity index (χ4n) is 3.16. The van der Waals surface area contributed by atoms with Crippen molar-refractivity contribution in [3.05, 3.63) is 23.7 Å². The number of nitrogens with zero attached hydrogens (tertiary/aromatic N) is 1. The molecule has 0 aromatic carbocycles. The van der Waals surface area contributed by atoms with Crippen LogP contribution >= 0.6 is 0 Å². The second kappa shape index (κ2) is 6.29. The maximum Gasteiger partial charge on any atom is 0.118 e. The van der Waals surface area contributed by atoms with E-state index >= 15 is 0 Å². The third-order valence-corrected chi connectivity index (χ3v) is 4.09. The van der Waals surface area contributed by atoms with Crippen LogP contribution in [0.5, 0.6) is 0 Å². The maximum atomic E-state index is 5.86. The van der Waals surface area contributed by atoms with Crippen LogP contribution in [0.15, 0.2) is 16.7 Å². The number of hydrogen-bond donors (Lipinski definition) is 1. The summed E-state index contributed by atoms with van der Waals surface area (Å²) in [6.07, 6.45) is 5.25. The van der Waals surface area contributed by atoms with Crippen LogP contribution in [0.25, 0.3) is 0 Å². The Hall–Kier alpha value is -0.840. The Morgan fingerprint density at radius 2 is 2.05 bits per heavy atom. The van der Waals surface area contributed by atoms with Crippen molar-refractivity contribution in [1.82, 2.24) is 10.2 Å². The van der Waals surface area contributed by atoms with Crippen molar-refractivity contribution >= 4 is 0 Å². The number of likely N-dealkylation sites (tertiary alicyclic amines) is 1. The second-order valence-corrected chi connectivity index (χ2v) is 6.60. The lowest BCUT2D eigenvalue weighted by Gasteiger charge is -2.31. The highest BCUT2D eigenvalue weighted by molar-refractivity contribution is 5.12. The maximum absolute atomic E-state index is 5.86. The number of furan rings is 1. The molecule has 2 fully saturated rings. The highest BCUT2D eigenvalue weighted by Crippen LogP contribution is 2.27. The van der Waals surface area contributed by atoms with Crippen molar-refractivity contribution in [1.29, 1.82) is 0 Å². The lowest BCUT2D eigenvalue weighted by atomic mass is 10.2. The molecule has 2 unspecified atom stereocenters. The van der Waals surface area contributed by atoms with Gasteiger partial charge in [0.1, 0.15) is 5.76 Å². The summed E-state index contributed by atoms with van der Waals surface area (Å²) in [6, 6.07) is 2.19. The van der Waals surface area contributed by atoms with E-state index in [4.69, 9.17) is 9.15 Å². The lowest BCUT2D eigenvalue weighted by molar-refractivity contribution is -0.0427. The van der Waals surface area contributed by atoms with Crippen LogP contribution < -0.4 is 5.32 Å². The van der Waals surface area contributed by atoms with Gasteiger partial charge in [0.05, 0.1) is 25.0 Å². The van der Waals surface area contributed by atoms with Crippen molar-refractivity contribution in [2.45, 2.75) is 52.0 Å². The molecule has 4 nitrogen and oxygen atoms in total. The molecule has 1 aromatic rings. The van der Waals surface area contributed by atoms with E-state index in [1.807, 2.05) is 6.26 Å². The van der Waals surface area contributed by atoms with E-state index in [-0.39, 0.29) is 0 Å². The van der Waals surface area contributed by atoms with Gasteiger partial charge < -0.3 is 14.5 Å². The number of fused-ring (bicyclic) bond motifs is 2. The normalized spacial score (nSPS) is 26.6. The Morgan fingerprint density at radius 3 is 2.75 bits per heavy atom. The average Bonchev–Trinajstić information content (AvgIpc) is 2.96. The third kappa shape index (κ3) is 3.62. The zero-order valence-corrected chi connectivity index (χ0v) is 12.6. The molecule has 2 atom stereocenters. The standard InChI is InChI=1S/C16H26N2O2/c1-12(2)6-17-7-13-5-16(19-11-13)10-18-8-14-3-4-15(9-18)20-14/h5,11-12,14-15,17H,3-4,6-10H2,1-2H3. The summed E-state index contributed by atoms with van der Waals surface area (Å²) in [7, 11) is 0. The molecule has 2 saturated heterocycles. The molecular formula is C16H26N2O2.